The minimum atomic E-state index is -2.88. The van der Waals surface area contributed by atoms with Gasteiger partial charge in [0.15, 0.2) is 11.6 Å². The molecule has 4 rings (SSSR count). The highest BCUT2D eigenvalue weighted by Crippen LogP contribution is 2.43. The van der Waals surface area contributed by atoms with Crippen LogP contribution >= 0.6 is 0 Å². The van der Waals surface area contributed by atoms with Crippen molar-refractivity contribution in [3.8, 4) is 5.75 Å². The fourth-order valence-electron chi connectivity index (χ4n) is 5.89. The Morgan fingerprint density at radius 3 is 1.91 bits per heavy atom. The Bertz CT molecular complexity index is 1390. The van der Waals surface area contributed by atoms with Crippen LogP contribution in [0.25, 0.3) is 5.70 Å². The second-order valence-electron chi connectivity index (χ2n) is 14.5. The molecule has 2 heterocycles. The summed E-state index contributed by atoms with van der Waals surface area (Å²) in [5.74, 6) is 1.02. The third-order valence-corrected chi connectivity index (χ3v) is 13.0. The number of carbonyl (C=O) groups excluding carboxylic acids is 1. The highest BCUT2D eigenvalue weighted by molar-refractivity contribution is 6.99. The Hall–Kier alpha value is -3.49. The molecule has 0 saturated carbocycles. The zero-order chi connectivity index (χ0) is 32.3. The quantitative estimate of drug-likeness (QED) is 0.249. The Balaban J connectivity index is 1.82. The van der Waals surface area contributed by atoms with E-state index in [4.69, 9.17) is 13.9 Å². The maximum Gasteiger partial charge on any atom is 0.415 e. The van der Waals surface area contributed by atoms with Crippen LogP contribution in [0.15, 0.2) is 79.1 Å². The summed E-state index contributed by atoms with van der Waals surface area (Å²) >= 11 is 0. The molecule has 236 valence electrons. The number of benzene rings is 2. The predicted octanol–water partition coefficient (Wildman–Crippen LogP) is 7.22. The third kappa shape index (κ3) is 7.24. The first-order chi connectivity index (χ1) is 20.5. The van der Waals surface area contributed by atoms with E-state index in [0.717, 1.165) is 0 Å². The fraction of sp³-hybridized carbons (Fsp3) is 0.472. The van der Waals surface area contributed by atoms with Crippen LogP contribution in [0, 0.1) is 5.41 Å². The van der Waals surface area contributed by atoms with Gasteiger partial charge in [-0.2, -0.15) is 0 Å². The van der Waals surface area contributed by atoms with Gasteiger partial charge in [0.2, 0.25) is 0 Å². The second-order valence-corrected chi connectivity index (χ2v) is 18.8. The summed E-state index contributed by atoms with van der Waals surface area (Å²) < 4.78 is 19.2. The monoisotopic (exact) mass is 615 g/mol. The molecule has 1 aromatic heterocycles. The lowest BCUT2D eigenvalue weighted by atomic mass is 9.77. The Labute approximate surface area is 264 Å². The van der Waals surface area contributed by atoms with Crippen molar-refractivity contribution in [3.63, 3.8) is 0 Å². The topological polar surface area (TPSA) is 73.8 Å². The number of allylic oxidation sites excluding steroid dienone is 1. The molecule has 7 nitrogen and oxygen atoms in total. The normalized spacial score (nSPS) is 17.3. The first-order valence-corrected chi connectivity index (χ1v) is 17.4. The second kappa shape index (κ2) is 12.9. The van der Waals surface area contributed by atoms with E-state index >= 15 is 0 Å². The SMILES string of the molecule is CC(C)Oc1cnc(C2=CCC(C)(C)C(CO[Si](c3ccccc3)(c3ccccc3)C(C)(C)C)N2C(=O)OC(C)(C)C)nc1. The molecule has 0 spiro atoms. The highest BCUT2D eigenvalue weighted by Gasteiger charge is 2.52. The molecular weight excluding hydrogens is 566 g/mol. The predicted molar refractivity (Wildman–Crippen MR) is 180 cm³/mol. The summed E-state index contributed by atoms with van der Waals surface area (Å²) in [4.78, 5) is 25.1. The number of hydrogen-bond donors (Lipinski definition) is 0. The van der Waals surface area contributed by atoms with E-state index in [1.54, 1.807) is 17.3 Å². The number of rotatable bonds is 8. The van der Waals surface area contributed by atoms with Crippen LogP contribution in [0.2, 0.25) is 5.04 Å². The average molecular weight is 616 g/mol. The van der Waals surface area contributed by atoms with Crippen LogP contribution in [-0.2, 0) is 9.16 Å². The van der Waals surface area contributed by atoms with Crippen molar-refractivity contribution in [2.75, 3.05) is 6.61 Å². The van der Waals surface area contributed by atoms with E-state index in [0.29, 0.717) is 30.3 Å². The molecule has 1 aliphatic rings. The molecule has 44 heavy (non-hydrogen) atoms. The van der Waals surface area contributed by atoms with Gasteiger partial charge in [-0.3, -0.25) is 4.90 Å². The minimum Gasteiger partial charge on any atom is -0.488 e. The number of hydrogen-bond acceptors (Lipinski definition) is 6. The summed E-state index contributed by atoms with van der Waals surface area (Å²) in [6, 6.07) is 20.8. The van der Waals surface area contributed by atoms with Crippen LogP contribution in [0.1, 0.15) is 81.5 Å². The van der Waals surface area contributed by atoms with Gasteiger partial charge >= 0.3 is 6.09 Å². The van der Waals surface area contributed by atoms with Crippen LogP contribution in [0.4, 0.5) is 4.79 Å². The maximum atomic E-state index is 14.1. The molecule has 1 unspecified atom stereocenters. The van der Waals surface area contributed by atoms with Gasteiger partial charge in [0, 0.05) is 0 Å². The first kappa shape index (κ1) is 33.4. The van der Waals surface area contributed by atoms with Gasteiger partial charge in [0.05, 0.1) is 36.8 Å². The maximum absolute atomic E-state index is 14.1. The Morgan fingerprint density at radius 2 is 1.45 bits per heavy atom. The minimum absolute atomic E-state index is 0.000384. The van der Waals surface area contributed by atoms with E-state index in [2.05, 4.69) is 93.1 Å². The molecule has 2 aromatic carbocycles. The molecule has 1 amide bonds. The molecule has 0 bridgehead atoms. The van der Waals surface area contributed by atoms with Crippen LogP contribution in [-0.4, -0.2) is 53.6 Å². The molecular formula is C36H49N3O4Si. The summed E-state index contributed by atoms with van der Waals surface area (Å²) in [7, 11) is -2.88. The average Bonchev–Trinajstić information content (AvgIpc) is 2.93. The van der Waals surface area contributed by atoms with E-state index in [1.165, 1.54) is 10.4 Å². The van der Waals surface area contributed by atoms with E-state index in [1.807, 2.05) is 52.8 Å². The summed E-state index contributed by atoms with van der Waals surface area (Å²) in [6.45, 7) is 21.0. The molecule has 0 radical (unpaired) electrons. The van der Waals surface area contributed by atoms with Crippen LogP contribution in [0.5, 0.6) is 5.75 Å². The lowest BCUT2D eigenvalue weighted by Gasteiger charge is -2.49. The molecule has 1 aliphatic heterocycles. The van der Waals surface area contributed by atoms with Crippen LogP contribution in [0.3, 0.4) is 0 Å². The smallest absolute Gasteiger partial charge is 0.415 e. The van der Waals surface area contributed by atoms with Crippen molar-refractivity contribution in [2.45, 2.75) is 98.4 Å². The molecule has 0 aliphatic carbocycles. The van der Waals surface area contributed by atoms with Gasteiger partial charge in [-0.25, -0.2) is 14.8 Å². The van der Waals surface area contributed by atoms with Crippen molar-refractivity contribution in [1.82, 2.24) is 14.9 Å². The number of ether oxygens (including phenoxy) is 2. The van der Waals surface area contributed by atoms with Gasteiger partial charge in [0.25, 0.3) is 8.32 Å². The summed E-state index contributed by atoms with van der Waals surface area (Å²) in [5.41, 5.74) is -0.402. The van der Waals surface area contributed by atoms with Gasteiger partial charge < -0.3 is 13.9 Å². The lowest BCUT2D eigenvalue weighted by Crippen LogP contribution is -2.68. The number of nitrogens with zero attached hydrogens (tertiary/aromatic N) is 3. The lowest BCUT2D eigenvalue weighted by molar-refractivity contribution is 0.00516. The highest BCUT2D eigenvalue weighted by atomic mass is 28.4. The summed E-state index contributed by atoms with van der Waals surface area (Å²) in [6.07, 6.45) is 5.62. The molecule has 8 heteroatoms. The van der Waals surface area contributed by atoms with Crippen LogP contribution < -0.4 is 15.1 Å². The zero-order valence-corrected chi connectivity index (χ0v) is 29.0. The molecule has 1 atom stereocenters. The molecule has 0 saturated heterocycles. The van der Waals surface area contributed by atoms with E-state index < -0.39 is 20.0 Å². The van der Waals surface area contributed by atoms with Crippen molar-refractivity contribution in [3.05, 3.63) is 85.0 Å². The zero-order valence-electron chi connectivity index (χ0n) is 28.0. The Morgan fingerprint density at radius 1 is 0.932 bits per heavy atom. The standard InChI is InChI=1S/C36H49N3O4Si/c1-26(2)42-27-23-37-32(38-24-27)30-21-22-36(9,10)31(39(30)33(40)43-34(3,4)5)25-41-44(35(6,7)8,28-17-13-11-14-18-28)29-19-15-12-16-20-29/h11-21,23-24,26,31H,22,25H2,1-10H3. The van der Waals surface area contributed by atoms with Crippen molar-refractivity contribution >= 4 is 30.5 Å². The van der Waals surface area contributed by atoms with Gasteiger partial charge in [-0.1, -0.05) is 101 Å². The fourth-order valence-corrected chi connectivity index (χ4v) is 10.5. The van der Waals surface area contributed by atoms with Crippen molar-refractivity contribution in [2.24, 2.45) is 5.41 Å². The Kier molecular flexibility index (Phi) is 9.76. The summed E-state index contributed by atoms with van der Waals surface area (Å²) in [5, 5.41) is 2.17. The van der Waals surface area contributed by atoms with Crippen molar-refractivity contribution < 1.29 is 18.7 Å². The van der Waals surface area contributed by atoms with E-state index in [9.17, 15) is 4.79 Å². The number of carbonyl (C=O) groups is 1. The van der Waals surface area contributed by atoms with Gasteiger partial charge in [-0.05, 0) is 61.9 Å². The molecule has 0 fully saturated rings. The first-order valence-electron chi connectivity index (χ1n) is 15.5. The molecule has 3 aromatic rings. The third-order valence-electron chi connectivity index (χ3n) is 7.99. The largest absolute Gasteiger partial charge is 0.488 e. The van der Waals surface area contributed by atoms with Gasteiger partial charge in [-0.15, -0.1) is 0 Å². The molecule has 0 N–H and O–H groups in total. The van der Waals surface area contributed by atoms with E-state index in [-0.39, 0.29) is 22.6 Å². The number of amides is 1. The number of aromatic nitrogens is 2. The van der Waals surface area contributed by atoms with Gasteiger partial charge in [0.1, 0.15) is 5.60 Å². The van der Waals surface area contributed by atoms with Crippen molar-refractivity contribution in [1.29, 1.82) is 0 Å².